The minimum absolute atomic E-state index is 0.355. The lowest BCUT2D eigenvalue weighted by molar-refractivity contribution is 0.107. The monoisotopic (exact) mass is 344 g/mol. The first-order chi connectivity index (χ1) is 10.2. The maximum absolute atomic E-state index is 12.5. The Balaban J connectivity index is 0.000000220. The fourth-order valence-electron chi connectivity index (χ4n) is 1.70. The largest absolute Gasteiger partial charge is 0.276 e. The maximum atomic E-state index is 12.5. The van der Waals surface area contributed by atoms with E-state index in [9.17, 15) is 18.4 Å². The number of halogens is 4. The zero-order valence-electron chi connectivity index (χ0n) is 11.8. The first kappa shape index (κ1) is 18.3. The van der Waals surface area contributed by atoms with Crippen LogP contribution in [0, 0.1) is 25.5 Å². The molecule has 0 saturated heterocycles. The van der Waals surface area contributed by atoms with Gasteiger partial charge < -0.3 is 0 Å². The fourth-order valence-corrected chi connectivity index (χ4v) is 2.12. The van der Waals surface area contributed by atoms with Crippen LogP contribution in [0.4, 0.5) is 8.78 Å². The molecule has 0 amide bonds. The van der Waals surface area contributed by atoms with Gasteiger partial charge in [-0.3, -0.25) is 9.59 Å². The Labute approximate surface area is 136 Å². The molecule has 0 atom stereocenters. The smallest absolute Gasteiger partial charge is 0.252 e. The molecule has 0 radical (unpaired) electrons. The molecule has 2 rings (SSSR count). The van der Waals surface area contributed by atoms with Gasteiger partial charge in [0.2, 0.25) is 0 Å². The van der Waals surface area contributed by atoms with E-state index in [0.29, 0.717) is 22.3 Å². The highest BCUT2D eigenvalue weighted by atomic mass is 35.5. The molecule has 6 heteroatoms. The summed E-state index contributed by atoms with van der Waals surface area (Å²) < 4.78 is 24.9. The molecule has 0 aliphatic rings. The molecule has 2 aromatic carbocycles. The van der Waals surface area contributed by atoms with E-state index < -0.39 is 10.5 Å². The molecule has 0 saturated carbocycles. The van der Waals surface area contributed by atoms with Gasteiger partial charge in [-0.2, -0.15) is 0 Å². The summed E-state index contributed by atoms with van der Waals surface area (Å²) in [7, 11) is 0. The van der Waals surface area contributed by atoms with Crippen molar-refractivity contribution in [1.29, 1.82) is 0 Å². The molecule has 116 valence electrons. The van der Waals surface area contributed by atoms with E-state index in [1.54, 1.807) is 13.8 Å². The van der Waals surface area contributed by atoms with Gasteiger partial charge in [0.1, 0.15) is 11.6 Å². The highest BCUT2D eigenvalue weighted by Gasteiger charge is 2.06. The van der Waals surface area contributed by atoms with Gasteiger partial charge in [0.15, 0.2) is 0 Å². The van der Waals surface area contributed by atoms with Crippen molar-refractivity contribution >= 4 is 33.7 Å². The lowest BCUT2D eigenvalue weighted by Crippen LogP contribution is -1.93. The van der Waals surface area contributed by atoms with E-state index in [-0.39, 0.29) is 11.6 Å². The Bertz CT molecular complexity index is 654. The lowest BCUT2D eigenvalue weighted by atomic mass is 10.1. The highest BCUT2D eigenvalue weighted by Crippen LogP contribution is 2.12. The minimum atomic E-state index is -0.553. The fraction of sp³-hybridized carbons (Fsp3) is 0.125. The predicted molar refractivity (Wildman–Crippen MR) is 82.6 cm³/mol. The molecule has 0 aromatic heterocycles. The Morgan fingerprint density at radius 1 is 0.773 bits per heavy atom. The van der Waals surface area contributed by atoms with Gasteiger partial charge in [0, 0.05) is 11.1 Å². The summed E-state index contributed by atoms with van der Waals surface area (Å²) in [5.74, 6) is -0.715. The van der Waals surface area contributed by atoms with Crippen LogP contribution in [0.1, 0.15) is 31.8 Å². The van der Waals surface area contributed by atoms with Crippen LogP contribution in [-0.2, 0) is 0 Å². The molecule has 22 heavy (non-hydrogen) atoms. The molecule has 0 aliphatic heterocycles. The topological polar surface area (TPSA) is 34.1 Å². The van der Waals surface area contributed by atoms with Crippen LogP contribution in [0.2, 0.25) is 0 Å². The van der Waals surface area contributed by atoms with Crippen LogP contribution in [0.3, 0.4) is 0 Å². The molecule has 0 aliphatic carbocycles. The first-order valence-corrected chi connectivity index (χ1v) is 6.90. The van der Waals surface area contributed by atoms with E-state index in [4.69, 9.17) is 23.2 Å². The number of hydrogen-bond acceptors (Lipinski definition) is 2. The second-order valence-corrected chi connectivity index (χ2v) is 5.15. The molecular formula is C16H12Cl2F2O2. The SMILES string of the molecule is Cc1cc(F)ccc1C(=O)Cl.Cc1cc(F)ccc1C(=O)Cl. The van der Waals surface area contributed by atoms with Gasteiger partial charge in [-0.25, -0.2) is 8.78 Å². The van der Waals surface area contributed by atoms with Crippen molar-refractivity contribution in [2.45, 2.75) is 13.8 Å². The van der Waals surface area contributed by atoms with Gasteiger partial charge >= 0.3 is 0 Å². The summed E-state index contributed by atoms with van der Waals surface area (Å²) in [6.45, 7) is 3.28. The third kappa shape index (κ3) is 5.20. The minimum Gasteiger partial charge on any atom is -0.276 e. The maximum Gasteiger partial charge on any atom is 0.252 e. The van der Waals surface area contributed by atoms with Gasteiger partial charge in [-0.15, -0.1) is 0 Å². The number of benzene rings is 2. The number of carbonyl (C=O) groups is 2. The van der Waals surface area contributed by atoms with E-state index in [1.165, 1.54) is 36.4 Å². The lowest BCUT2D eigenvalue weighted by Gasteiger charge is -1.98. The van der Waals surface area contributed by atoms with Crippen LogP contribution in [0.25, 0.3) is 0 Å². The van der Waals surface area contributed by atoms with Crippen molar-refractivity contribution in [2.24, 2.45) is 0 Å². The molecule has 2 nitrogen and oxygen atoms in total. The van der Waals surface area contributed by atoms with E-state index >= 15 is 0 Å². The van der Waals surface area contributed by atoms with Crippen LogP contribution in [-0.4, -0.2) is 10.5 Å². The van der Waals surface area contributed by atoms with Crippen LogP contribution in [0.15, 0.2) is 36.4 Å². The van der Waals surface area contributed by atoms with E-state index in [1.807, 2.05) is 0 Å². The summed E-state index contributed by atoms with van der Waals surface area (Å²) >= 11 is 10.4. The Morgan fingerprint density at radius 3 is 1.32 bits per heavy atom. The quantitative estimate of drug-likeness (QED) is 0.716. The molecule has 0 heterocycles. The number of hydrogen-bond donors (Lipinski definition) is 0. The van der Waals surface area contributed by atoms with Crippen LogP contribution < -0.4 is 0 Å². The van der Waals surface area contributed by atoms with Gasteiger partial charge in [0.05, 0.1) is 0 Å². The molecule has 2 aromatic rings. The molecule has 0 spiro atoms. The van der Waals surface area contributed by atoms with E-state index in [2.05, 4.69) is 0 Å². The van der Waals surface area contributed by atoms with Crippen molar-refractivity contribution in [3.63, 3.8) is 0 Å². The van der Waals surface area contributed by atoms with Crippen molar-refractivity contribution in [2.75, 3.05) is 0 Å². The molecule has 0 bridgehead atoms. The molecular weight excluding hydrogens is 333 g/mol. The van der Waals surface area contributed by atoms with E-state index in [0.717, 1.165) is 0 Å². The van der Waals surface area contributed by atoms with Gasteiger partial charge in [0.25, 0.3) is 10.5 Å². The van der Waals surface area contributed by atoms with Crippen molar-refractivity contribution in [1.82, 2.24) is 0 Å². The second kappa shape index (κ2) is 8.01. The van der Waals surface area contributed by atoms with Crippen LogP contribution >= 0.6 is 23.2 Å². The Hall–Kier alpha value is -1.78. The second-order valence-electron chi connectivity index (χ2n) is 4.47. The summed E-state index contributed by atoms with van der Waals surface area (Å²) in [4.78, 5) is 21.2. The van der Waals surface area contributed by atoms with Gasteiger partial charge in [-0.1, -0.05) is 0 Å². The number of rotatable bonds is 2. The third-order valence-electron chi connectivity index (χ3n) is 2.80. The summed E-state index contributed by atoms with van der Waals surface area (Å²) in [6, 6.07) is 7.72. The molecule has 0 N–H and O–H groups in total. The Kier molecular flexibility index (Phi) is 6.65. The molecule has 0 fully saturated rings. The Morgan fingerprint density at radius 2 is 1.09 bits per heavy atom. The summed E-state index contributed by atoms with van der Waals surface area (Å²) in [5, 5.41) is -1.11. The zero-order valence-corrected chi connectivity index (χ0v) is 13.3. The number of aryl methyl sites for hydroxylation is 2. The van der Waals surface area contributed by atoms with Crippen LogP contribution in [0.5, 0.6) is 0 Å². The standard InChI is InChI=1S/2C8H6ClFO/c2*1-5-4-6(10)2-3-7(5)8(9)11/h2*2-4H,1H3. The van der Waals surface area contributed by atoms with Crippen molar-refractivity contribution < 1.29 is 18.4 Å². The molecule has 0 unspecified atom stereocenters. The summed E-state index contributed by atoms with van der Waals surface area (Å²) in [6.07, 6.45) is 0. The van der Waals surface area contributed by atoms with Crippen molar-refractivity contribution in [3.05, 3.63) is 70.3 Å². The average molecular weight is 345 g/mol. The number of carbonyl (C=O) groups excluding carboxylic acids is 2. The average Bonchev–Trinajstić information content (AvgIpc) is 2.38. The normalized spacial score (nSPS) is 9.73. The predicted octanol–water partition coefficient (Wildman–Crippen LogP) is 5.03. The third-order valence-corrected chi connectivity index (χ3v) is 3.21. The van der Waals surface area contributed by atoms with Crippen molar-refractivity contribution in [3.8, 4) is 0 Å². The highest BCUT2D eigenvalue weighted by molar-refractivity contribution is 6.68. The summed E-state index contributed by atoms with van der Waals surface area (Å²) in [5.41, 5.74) is 1.83. The first-order valence-electron chi connectivity index (χ1n) is 6.14. The van der Waals surface area contributed by atoms with Gasteiger partial charge in [-0.05, 0) is 84.6 Å². The zero-order chi connectivity index (χ0) is 16.9.